The molecule has 1 saturated heterocycles. The van der Waals surface area contributed by atoms with E-state index in [0.29, 0.717) is 26.2 Å². The number of hydrogen-bond acceptors (Lipinski definition) is 4. The molecule has 1 unspecified atom stereocenters. The van der Waals surface area contributed by atoms with Crippen molar-refractivity contribution >= 4 is 10.2 Å². The summed E-state index contributed by atoms with van der Waals surface area (Å²) in [6.07, 6.45) is 1.94. The Morgan fingerprint density at radius 3 is 2.82 bits per heavy atom. The van der Waals surface area contributed by atoms with Crippen LogP contribution in [-0.4, -0.2) is 70.5 Å². The molecule has 0 amide bonds. The van der Waals surface area contributed by atoms with E-state index in [1.165, 1.54) is 4.31 Å². The number of ether oxygens (including phenoxy) is 1. The lowest BCUT2D eigenvalue weighted by atomic mass is 10.1. The van der Waals surface area contributed by atoms with E-state index in [-0.39, 0.29) is 6.04 Å². The van der Waals surface area contributed by atoms with Gasteiger partial charge in [0.25, 0.3) is 10.2 Å². The van der Waals surface area contributed by atoms with Crippen molar-refractivity contribution in [1.82, 2.24) is 13.9 Å². The van der Waals surface area contributed by atoms with Gasteiger partial charge in [0.2, 0.25) is 0 Å². The normalized spacial score (nSPS) is 23.2. The van der Waals surface area contributed by atoms with Crippen LogP contribution in [0.1, 0.15) is 12.8 Å². The Morgan fingerprint density at radius 1 is 1.53 bits per heavy atom. The van der Waals surface area contributed by atoms with Crippen LogP contribution < -0.4 is 5.32 Å². The van der Waals surface area contributed by atoms with E-state index in [4.69, 9.17) is 4.74 Å². The first kappa shape index (κ1) is 14.8. The van der Waals surface area contributed by atoms with Crippen molar-refractivity contribution in [2.75, 3.05) is 47.4 Å². The average molecular weight is 265 g/mol. The summed E-state index contributed by atoms with van der Waals surface area (Å²) in [5.74, 6) is 0. The quantitative estimate of drug-likeness (QED) is 0.703. The summed E-state index contributed by atoms with van der Waals surface area (Å²) in [4.78, 5) is 0. The fourth-order valence-corrected chi connectivity index (χ4v) is 3.35. The maximum atomic E-state index is 12.2. The summed E-state index contributed by atoms with van der Waals surface area (Å²) >= 11 is 0. The number of hydrogen-bond donors (Lipinski definition) is 1. The molecule has 0 spiro atoms. The molecule has 0 aliphatic carbocycles. The molecule has 6 nitrogen and oxygen atoms in total. The van der Waals surface area contributed by atoms with Crippen molar-refractivity contribution in [1.29, 1.82) is 0 Å². The van der Waals surface area contributed by atoms with Crippen LogP contribution >= 0.6 is 0 Å². The largest absolute Gasteiger partial charge is 0.383 e. The van der Waals surface area contributed by atoms with Gasteiger partial charge < -0.3 is 10.1 Å². The third-order valence-electron chi connectivity index (χ3n) is 3.12. The van der Waals surface area contributed by atoms with Gasteiger partial charge in [-0.15, -0.1) is 0 Å². The Labute approximate surface area is 104 Å². The molecule has 0 bridgehead atoms. The Kier molecular flexibility index (Phi) is 5.81. The highest BCUT2D eigenvalue weighted by atomic mass is 32.2. The van der Waals surface area contributed by atoms with Crippen LogP contribution in [0.15, 0.2) is 0 Å². The lowest BCUT2D eigenvalue weighted by Gasteiger charge is -2.34. The lowest BCUT2D eigenvalue weighted by molar-refractivity contribution is 0.180. The van der Waals surface area contributed by atoms with Crippen molar-refractivity contribution in [3.63, 3.8) is 0 Å². The molecule has 1 heterocycles. The van der Waals surface area contributed by atoms with Crippen LogP contribution in [0.2, 0.25) is 0 Å². The molecule has 1 aliphatic rings. The van der Waals surface area contributed by atoms with E-state index in [0.717, 1.165) is 12.8 Å². The fraction of sp³-hybridized carbons (Fsp3) is 1.00. The summed E-state index contributed by atoms with van der Waals surface area (Å²) in [5, 5.41) is 3.14. The SMILES string of the molecule is CNC1CCCN(S(=O)(=O)N(C)CCOC)C1. The van der Waals surface area contributed by atoms with Crippen LogP contribution in [0.3, 0.4) is 0 Å². The molecule has 0 radical (unpaired) electrons. The predicted molar refractivity (Wildman–Crippen MR) is 67.1 cm³/mol. The molecular weight excluding hydrogens is 242 g/mol. The standard InChI is InChI=1S/C10H23N3O3S/c1-11-10-5-4-6-13(9-10)17(14,15)12(2)7-8-16-3/h10-11H,4-9H2,1-3H3. The van der Waals surface area contributed by atoms with Gasteiger partial charge in [0.15, 0.2) is 0 Å². The molecule has 1 N–H and O–H groups in total. The molecule has 0 aromatic heterocycles. The first-order valence-corrected chi connectivity index (χ1v) is 7.29. The fourth-order valence-electron chi connectivity index (χ4n) is 1.92. The van der Waals surface area contributed by atoms with Crippen molar-refractivity contribution < 1.29 is 13.2 Å². The molecule has 17 heavy (non-hydrogen) atoms. The highest BCUT2D eigenvalue weighted by Gasteiger charge is 2.30. The minimum atomic E-state index is -3.33. The predicted octanol–water partition coefficient (Wildman–Crippen LogP) is -0.507. The zero-order valence-corrected chi connectivity index (χ0v) is 11.7. The molecule has 1 rings (SSSR count). The second-order valence-electron chi connectivity index (χ2n) is 4.31. The number of piperidine rings is 1. The molecule has 1 atom stereocenters. The van der Waals surface area contributed by atoms with Crippen molar-refractivity contribution in [2.24, 2.45) is 0 Å². The van der Waals surface area contributed by atoms with Crippen LogP contribution in [0.25, 0.3) is 0 Å². The van der Waals surface area contributed by atoms with Crippen LogP contribution in [0, 0.1) is 0 Å². The van der Waals surface area contributed by atoms with Gasteiger partial charge in [-0.25, -0.2) is 0 Å². The summed E-state index contributed by atoms with van der Waals surface area (Å²) in [6.45, 7) is 1.96. The van der Waals surface area contributed by atoms with Gasteiger partial charge in [-0.1, -0.05) is 0 Å². The number of nitrogens with zero attached hydrogens (tertiary/aromatic N) is 2. The summed E-state index contributed by atoms with van der Waals surface area (Å²) in [6, 6.07) is 0.259. The van der Waals surface area contributed by atoms with Gasteiger partial charge in [0.1, 0.15) is 0 Å². The Hall–Kier alpha value is -0.210. The van der Waals surface area contributed by atoms with Gasteiger partial charge >= 0.3 is 0 Å². The van der Waals surface area contributed by atoms with E-state index in [9.17, 15) is 8.42 Å². The molecule has 0 aromatic rings. The molecular formula is C10H23N3O3S. The minimum absolute atomic E-state index is 0.259. The highest BCUT2D eigenvalue weighted by Crippen LogP contribution is 2.15. The monoisotopic (exact) mass is 265 g/mol. The highest BCUT2D eigenvalue weighted by molar-refractivity contribution is 7.86. The van der Waals surface area contributed by atoms with E-state index >= 15 is 0 Å². The number of methoxy groups -OCH3 is 1. The first-order chi connectivity index (χ1) is 8.02. The maximum absolute atomic E-state index is 12.2. The zero-order valence-electron chi connectivity index (χ0n) is 10.8. The van der Waals surface area contributed by atoms with Crippen molar-refractivity contribution in [3.05, 3.63) is 0 Å². The van der Waals surface area contributed by atoms with Crippen LogP contribution in [-0.2, 0) is 14.9 Å². The average Bonchev–Trinajstić information content (AvgIpc) is 2.35. The van der Waals surface area contributed by atoms with Crippen LogP contribution in [0.5, 0.6) is 0 Å². The van der Waals surface area contributed by atoms with Gasteiger partial charge in [-0.3, -0.25) is 0 Å². The molecule has 1 fully saturated rings. The molecule has 0 saturated carbocycles. The van der Waals surface area contributed by atoms with Gasteiger partial charge in [0.05, 0.1) is 6.61 Å². The maximum Gasteiger partial charge on any atom is 0.281 e. The second kappa shape index (κ2) is 6.65. The van der Waals surface area contributed by atoms with Gasteiger partial charge in [-0.05, 0) is 19.9 Å². The third-order valence-corrected chi connectivity index (χ3v) is 5.08. The third kappa shape index (κ3) is 3.89. The molecule has 1 aliphatic heterocycles. The molecule has 0 aromatic carbocycles. The molecule has 102 valence electrons. The summed E-state index contributed by atoms with van der Waals surface area (Å²) < 4.78 is 32.2. The Bertz CT molecular complexity index is 321. The topological polar surface area (TPSA) is 61.9 Å². The molecule has 7 heteroatoms. The first-order valence-electron chi connectivity index (χ1n) is 5.90. The summed E-state index contributed by atoms with van der Waals surface area (Å²) in [7, 11) is 1.70. The number of rotatable bonds is 6. The number of likely N-dealkylation sites (N-methyl/N-ethyl adjacent to an activating group) is 2. The van der Waals surface area contributed by atoms with E-state index < -0.39 is 10.2 Å². The summed E-state index contributed by atoms with van der Waals surface area (Å²) in [5.41, 5.74) is 0. The Balaban J connectivity index is 2.62. The number of nitrogens with one attached hydrogen (secondary N) is 1. The van der Waals surface area contributed by atoms with Gasteiger partial charge in [0, 0.05) is 39.8 Å². The van der Waals surface area contributed by atoms with Crippen molar-refractivity contribution in [2.45, 2.75) is 18.9 Å². The van der Waals surface area contributed by atoms with Gasteiger partial charge in [-0.2, -0.15) is 17.0 Å². The smallest absolute Gasteiger partial charge is 0.281 e. The van der Waals surface area contributed by atoms with E-state index in [1.54, 1.807) is 18.5 Å². The second-order valence-corrected chi connectivity index (χ2v) is 6.34. The van der Waals surface area contributed by atoms with E-state index in [2.05, 4.69) is 5.32 Å². The van der Waals surface area contributed by atoms with Crippen LogP contribution in [0.4, 0.5) is 0 Å². The zero-order chi connectivity index (χ0) is 12.9. The van der Waals surface area contributed by atoms with Crippen molar-refractivity contribution in [3.8, 4) is 0 Å². The van der Waals surface area contributed by atoms with E-state index in [1.807, 2.05) is 7.05 Å². The minimum Gasteiger partial charge on any atom is -0.383 e. The lowest BCUT2D eigenvalue weighted by Crippen LogP contribution is -2.51. The Morgan fingerprint density at radius 2 is 2.24 bits per heavy atom.